The van der Waals surface area contributed by atoms with Crippen LogP contribution in [-0.2, 0) is 22.6 Å². The molecule has 0 aromatic carbocycles. The zero-order chi connectivity index (χ0) is 22.3. The lowest BCUT2D eigenvalue weighted by molar-refractivity contribution is -0.124. The lowest BCUT2D eigenvalue weighted by Gasteiger charge is -2.43. The van der Waals surface area contributed by atoms with Crippen molar-refractivity contribution in [1.29, 1.82) is 0 Å². The van der Waals surface area contributed by atoms with Crippen molar-refractivity contribution in [2.75, 3.05) is 39.4 Å². The van der Waals surface area contributed by atoms with E-state index in [0.29, 0.717) is 19.3 Å². The highest BCUT2D eigenvalue weighted by Gasteiger charge is 2.32. The quantitative estimate of drug-likeness (QED) is 0.588. The molecule has 0 radical (unpaired) electrons. The lowest BCUT2D eigenvalue weighted by Crippen LogP contribution is -2.56. The van der Waals surface area contributed by atoms with Crippen molar-refractivity contribution in [3.05, 3.63) is 59.2 Å². The maximum atomic E-state index is 11.9. The van der Waals surface area contributed by atoms with Crippen molar-refractivity contribution in [2.45, 2.75) is 52.0 Å². The van der Waals surface area contributed by atoms with Crippen LogP contribution in [0, 0.1) is 13.8 Å². The van der Waals surface area contributed by atoms with Gasteiger partial charge in [0.15, 0.2) is 6.29 Å². The van der Waals surface area contributed by atoms with E-state index in [0.717, 1.165) is 69.8 Å². The van der Waals surface area contributed by atoms with Gasteiger partial charge < -0.3 is 9.53 Å². The van der Waals surface area contributed by atoms with Crippen LogP contribution in [0.4, 0.5) is 0 Å². The van der Waals surface area contributed by atoms with Crippen LogP contribution >= 0.6 is 0 Å². The van der Waals surface area contributed by atoms with E-state index in [1.807, 2.05) is 24.5 Å². The average molecular weight is 438 g/mol. The molecule has 0 aliphatic carbocycles. The number of aryl methyl sites for hydroxylation is 2. The molecular weight excluding hydrogens is 402 g/mol. The van der Waals surface area contributed by atoms with Gasteiger partial charge >= 0.3 is 0 Å². The van der Waals surface area contributed by atoms with E-state index < -0.39 is 0 Å². The van der Waals surface area contributed by atoms with Crippen LogP contribution in [0.1, 0.15) is 35.4 Å². The number of hydrogen-bond acceptors (Lipinski definition) is 7. The third kappa shape index (κ3) is 5.59. The van der Waals surface area contributed by atoms with Gasteiger partial charge in [0.25, 0.3) is 0 Å². The Morgan fingerprint density at radius 2 is 1.50 bits per heavy atom. The molecule has 2 aliphatic rings. The van der Waals surface area contributed by atoms with Crippen molar-refractivity contribution in [2.24, 2.45) is 0 Å². The zero-order valence-corrected chi connectivity index (χ0v) is 19.3. The Morgan fingerprint density at radius 1 is 0.969 bits per heavy atom. The summed E-state index contributed by atoms with van der Waals surface area (Å²) in [5, 5.41) is 0. The number of hydrogen-bond donors (Lipinski definition) is 0. The molecule has 2 fully saturated rings. The monoisotopic (exact) mass is 437 g/mol. The van der Waals surface area contributed by atoms with Gasteiger partial charge in [-0.25, -0.2) is 0 Å². The summed E-state index contributed by atoms with van der Waals surface area (Å²) >= 11 is 0. The second-order valence-electron chi connectivity index (χ2n) is 8.90. The Hall–Kier alpha value is -2.19. The number of piperidine rings is 1. The van der Waals surface area contributed by atoms with Gasteiger partial charge in [0, 0.05) is 57.7 Å². The first-order valence-corrected chi connectivity index (χ1v) is 11.7. The molecule has 4 rings (SSSR count). The summed E-state index contributed by atoms with van der Waals surface area (Å²) in [5.74, 6) is 0. The van der Waals surface area contributed by atoms with Crippen LogP contribution in [0.15, 0.2) is 36.7 Å². The van der Waals surface area contributed by atoms with Crippen molar-refractivity contribution >= 4 is 6.29 Å². The molecule has 2 aliphatic heterocycles. The minimum Gasteiger partial charge on any atom is -0.379 e. The zero-order valence-electron chi connectivity index (χ0n) is 19.3. The molecule has 0 N–H and O–H groups in total. The summed E-state index contributed by atoms with van der Waals surface area (Å²) in [5.41, 5.74) is 4.70. The van der Waals surface area contributed by atoms with E-state index in [4.69, 9.17) is 4.74 Å². The third-order valence-corrected chi connectivity index (χ3v) is 6.87. The van der Waals surface area contributed by atoms with E-state index >= 15 is 0 Å². The second kappa shape index (κ2) is 11.1. The molecule has 2 aromatic rings. The molecule has 0 amide bonds. The lowest BCUT2D eigenvalue weighted by atomic mass is 10.0. The molecular formula is C25H35N5O2. The third-order valence-electron chi connectivity index (χ3n) is 6.87. The molecule has 2 saturated heterocycles. The first-order valence-electron chi connectivity index (χ1n) is 11.7. The molecule has 0 spiro atoms. The van der Waals surface area contributed by atoms with Crippen LogP contribution in [0.2, 0.25) is 0 Å². The van der Waals surface area contributed by atoms with E-state index in [-0.39, 0.29) is 6.17 Å². The number of ether oxygens (including phenoxy) is 1. The summed E-state index contributed by atoms with van der Waals surface area (Å²) in [7, 11) is 0. The Kier molecular flexibility index (Phi) is 7.97. The maximum absolute atomic E-state index is 11.9. The van der Waals surface area contributed by atoms with Crippen molar-refractivity contribution in [3.8, 4) is 0 Å². The van der Waals surface area contributed by atoms with Crippen molar-refractivity contribution in [3.63, 3.8) is 0 Å². The number of carbonyl (C=O) groups is 1. The van der Waals surface area contributed by atoms with Crippen LogP contribution in [-0.4, -0.2) is 82.6 Å². The van der Waals surface area contributed by atoms with E-state index in [1.165, 1.54) is 11.1 Å². The maximum Gasteiger partial charge on any atom is 0.151 e. The number of carbonyl (C=O) groups excluding carboxylic acids is 1. The Labute approximate surface area is 191 Å². The average Bonchev–Trinajstić information content (AvgIpc) is 2.83. The molecule has 2 aromatic heterocycles. The second-order valence-corrected chi connectivity index (χ2v) is 8.90. The fourth-order valence-electron chi connectivity index (χ4n) is 4.83. The van der Waals surface area contributed by atoms with Gasteiger partial charge in [-0.1, -0.05) is 12.1 Å². The number of nitrogens with zero attached hydrogens (tertiary/aromatic N) is 5. The van der Waals surface area contributed by atoms with E-state index in [1.54, 1.807) is 0 Å². The molecule has 1 atom stereocenters. The van der Waals surface area contributed by atoms with Gasteiger partial charge in [0.2, 0.25) is 0 Å². The Morgan fingerprint density at radius 3 is 2.00 bits per heavy atom. The first-order chi connectivity index (χ1) is 15.7. The number of morpholine rings is 1. The molecule has 32 heavy (non-hydrogen) atoms. The van der Waals surface area contributed by atoms with Gasteiger partial charge in [0.05, 0.1) is 24.6 Å². The first kappa shape index (κ1) is 23.0. The summed E-state index contributed by atoms with van der Waals surface area (Å²) in [6.07, 6.45) is 6.80. The molecule has 7 heteroatoms. The number of likely N-dealkylation sites (tertiary alicyclic amines) is 1. The summed E-state index contributed by atoms with van der Waals surface area (Å²) in [4.78, 5) is 28.4. The van der Waals surface area contributed by atoms with Gasteiger partial charge in [0.1, 0.15) is 6.17 Å². The highest BCUT2D eigenvalue weighted by molar-refractivity contribution is 5.57. The predicted octanol–water partition coefficient (Wildman–Crippen LogP) is 2.42. The minimum atomic E-state index is -0.135. The molecule has 7 nitrogen and oxygen atoms in total. The fraction of sp³-hybridized carbons (Fsp3) is 0.560. The molecule has 4 heterocycles. The van der Waals surface area contributed by atoms with Crippen LogP contribution in [0.5, 0.6) is 0 Å². The molecule has 0 saturated carbocycles. The van der Waals surface area contributed by atoms with Gasteiger partial charge in [-0.15, -0.1) is 0 Å². The normalized spacial score (nSPS) is 19.8. The fourth-order valence-corrected chi connectivity index (χ4v) is 4.83. The van der Waals surface area contributed by atoms with Crippen molar-refractivity contribution < 1.29 is 9.53 Å². The standard InChI is InChI=1S/C25H35N5O2/c1-20-5-3-9-26-23(20)17-30(18-24-21(2)6-4-10-27-24)22-7-11-28(12-8-22)25(19-31)29-13-15-32-16-14-29/h3-6,9-10,19,22,25H,7-8,11-18H2,1-2H3. The van der Waals surface area contributed by atoms with Crippen LogP contribution in [0.25, 0.3) is 0 Å². The van der Waals surface area contributed by atoms with E-state index in [2.05, 4.69) is 50.6 Å². The highest BCUT2D eigenvalue weighted by atomic mass is 16.5. The molecule has 1 unspecified atom stereocenters. The Balaban J connectivity index is 1.46. The van der Waals surface area contributed by atoms with E-state index in [9.17, 15) is 4.79 Å². The summed E-state index contributed by atoms with van der Waals surface area (Å²) in [6.45, 7) is 10.8. The molecule has 0 bridgehead atoms. The number of aromatic nitrogens is 2. The summed E-state index contributed by atoms with van der Waals surface area (Å²) < 4.78 is 5.47. The van der Waals surface area contributed by atoms with Crippen LogP contribution in [0.3, 0.4) is 0 Å². The van der Waals surface area contributed by atoms with Gasteiger partial charge in [-0.3, -0.25) is 24.7 Å². The van der Waals surface area contributed by atoms with Crippen molar-refractivity contribution in [1.82, 2.24) is 24.7 Å². The van der Waals surface area contributed by atoms with Gasteiger partial charge in [-0.2, -0.15) is 0 Å². The summed E-state index contributed by atoms with van der Waals surface area (Å²) in [6, 6.07) is 8.69. The minimum absolute atomic E-state index is 0.135. The number of rotatable bonds is 8. The smallest absolute Gasteiger partial charge is 0.151 e. The molecule has 172 valence electrons. The Bertz CT molecular complexity index is 831. The topological polar surface area (TPSA) is 61.8 Å². The number of aldehydes is 1. The highest BCUT2D eigenvalue weighted by Crippen LogP contribution is 2.24. The predicted molar refractivity (Wildman–Crippen MR) is 124 cm³/mol. The SMILES string of the molecule is Cc1cccnc1CN(Cc1ncccc1C)C1CCN(C(C=O)N2CCOCC2)CC1. The number of pyridine rings is 2. The van der Waals surface area contributed by atoms with Gasteiger partial charge in [-0.05, 0) is 49.9 Å². The van der Waals surface area contributed by atoms with Crippen LogP contribution < -0.4 is 0 Å². The largest absolute Gasteiger partial charge is 0.379 e.